The number of nitrogens with zero attached hydrogens (tertiary/aromatic N) is 1. The molecule has 0 radical (unpaired) electrons. The van der Waals surface area contributed by atoms with Gasteiger partial charge in [0, 0.05) is 12.2 Å². The van der Waals surface area contributed by atoms with E-state index in [2.05, 4.69) is 16.9 Å². The Bertz CT molecular complexity index is 635. The van der Waals surface area contributed by atoms with Crippen LogP contribution in [0.5, 0.6) is 0 Å². The minimum Gasteiger partial charge on any atom is -0.353 e. The second kappa shape index (κ2) is 4.87. The number of hydrogen-bond acceptors (Lipinski definition) is 2. The lowest BCUT2D eigenvalue weighted by atomic mass is 10.2. The van der Waals surface area contributed by atoms with Crippen LogP contribution in [0.25, 0.3) is 11.0 Å². The van der Waals surface area contributed by atoms with E-state index in [1.54, 1.807) is 4.57 Å². The van der Waals surface area contributed by atoms with Crippen LogP contribution in [-0.4, -0.2) is 14.5 Å². The Labute approximate surface area is 105 Å². The van der Waals surface area contributed by atoms with Crippen molar-refractivity contribution in [3.05, 3.63) is 26.9 Å². The van der Waals surface area contributed by atoms with Crippen LogP contribution < -0.4 is 5.56 Å². The van der Waals surface area contributed by atoms with Crippen molar-refractivity contribution in [3.8, 4) is 0 Å². The van der Waals surface area contributed by atoms with Crippen molar-refractivity contribution < 1.29 is 0 Å². The summed E-state index contributed by atoms with van der Waals surface area (Å²) in [6.45, 7) is 4.76. The summed E-state index contributed by atoms with van der Waals surface area (Å²) < 4.78 is 2.15. The van der Waals surface area contributed by atoms with Crippen molar-refractivity contribution in [1.29, 1.82) is 0 Å². The molecule has 2 N–H and O–H groups in total. The number of unbranched alkanes of at least 4 members (excludes halogenated alkanes) is 2. The fourth-order valence-corrected chi connectivity index (χ4v) is 2.27. The largest absolute Gasteiger partial charge is 0.353 e. The molecule has 0 aliphatic heterocycles. The smallest absolute Gasteiger partial charge is 0.278 e. The first kappa shape index (κ1) is 12.1. The van der Waals surface area contributed by atoms with Gasteiger partial charge in [-0.05, 0) is 31.6 Å². The second-order valence-corrected chi connectivity index (χ2v) is 4.72. The Morgan fingerprint density at radius 2 is 2.12 bits per heavy atom. The number of hydrogen-bond donors (Lipinski definition) is 2. The first-order valence-corrected chi connectivity index (χ1v) is 6.36. The molecule has 0 unspecified atom stereocenters. The Kier molecular flexibility index (Phi) is 3.47. The molecule has 0 amide bonds. The van der Waals surface area contributed by atoms with E-state index in [0.717, 1.165) is 30.5 Å². The van der Waals surface area contributed by atoms with Crippen LogP contribution in [0, 0.1) is 11.7 Å². The number of fused-ring (bicyclic) bond motifs is 1. The SMILES string of the molecule is CCCCCn1c(=S)[nH]c2cc(C)[nH]c2c1=O. The average Bonchev–Trinajstić information content (AvgIpc) is 2.64. The van der Waals surface area contributed by atoms with Crippen LogP contribution in [-0.2, 0) is 6.54 Å². The molecule has 0 aliphatic rings. The summed E-state index contributed by atoms with van der Waals surface area (Å²) in [7, 11) is 0. The van der Waals surface area contributed by atoms with E-state index in [1.807, 2.05) is 13.0 Å². The Balaban J connectivity index is 2.48. The summed E-state index contributed by atoms with van der Waals surface area (Å²) in [6.07, 6.45) is 3.23. The highest BCUT2D eigenvalue weighted by atomic mass is 32.1. The predicted octanol–water partition coefficient (Wildman–Crippen LogP) is 2.89. The highest BCUT2D eigenvalue weighted by Crippen LogP contribution is 2.08. The zero-order valence-corrected chi connectivity index (χ0v) is 11.0. The van der Waals surface area contributed by atoms with Gasteiger partial charge in [0.25, 0.3) is 5.56 Å². The Morgan fingerprint density at radius 1 is 1.35 bits per heavy atom. The van der Waals surface area contributed by atoms with Gasteiger partial charge in [0.05, 0.1) is 5.52 Å². The number of H-pyrrole nitrogens is 2. The van der Waals surface area contributed by atoms with Crippen LogP contribution >= 0.6 is 12.2 Å². The van der Waals surface area contributed by atoms with Crippen LogP contribution in [0.15, 0.2) is 10.9 Å². The summed E-state index contributed by atoms with van der Waals surface area (Å²) in [5, 5.41) is 0. The van der Waals surface area contributed by atoms with Gasteiger partial charge in [0.15, 0.2) is 4.77 Å². The van der Waals surface area contributed by atoms with E-state index >= 15 is 0 Å². The molecule has 17 heavy (non-hydrogen) atoms. The zero-order valence-electron chi connectivity index (χ0n) is 10.2. The third kappa shape index (κ3) is 2.34. The maximum Gasteiger partial charge on any atom is 0.278 e. The monoisotopic (exact) mass is 251 g/mol. The van der Waals surface area contributed by atoms with Gasteiger partial charge >= 0.3 is 0 Å². The summed E-state index contributed by atoms with van der Waals surface area (Å²) in [5.74, 6) is 0. The van der Waals surface area contributed by atoms with Crippen LogP contribution in [0.2, 0.25) is 0 Å². The van der Waals surface area contributed by atoms with Gasteiger partial charge in [-0.15, -0.1) is 0 Å². The average molecular weight is 251 g/mol. The number of rotatable bonds is 4. The van der Waals surface area contributed by atoms with Gasteiger partial charge in [0.2, 0.25) is 0 Å². The van der Waals surface area contributed by atoms with Crippen molar-refractivity contribution in [2.24, 2.45) is 0 Å². The molecule has 0 saturated heterocycles. The molecule has 0 saturated carbocycles. The molecule has 0 fully saturated rings. The fourth-order valence-electron chi connectivity index (χ4n) is 1.99. The molecular weight excluding hydrogens is 234 g/mol. The van der Waals surface area contributed by atoms with E-state index < -0.39 is 0 Å². The summed E-state index contributed by atoms with van der Waals surface area (Å²) in [4.78, 5) is 18.4. The summed E-state index contributed by atoms with van der Waals surface area (Å²) in [6, 6.07) is 1.91. The van der Waals surface area contributed by atoms with Crippen molar-refractivity contribution in [2.75, 3.05) is 0 Å². The first-order valence-electron chi connectivity index (χ1n) is 5.96. The molecule has 0 aliphatic carbocycles. The second-order valence-electron chi connectivity index (χ2n) is 4.34. The Morgan fingerprint density at radius 3 is 2.82 bits per heavy atom. The molecule has 0 spiro atoms. The maximum absolute atomic E-state index is 12.2. The van der Waals surface area contributed by atoms with E-state index in [0.29, 0.717) is 16.8 Å². The molecule has 2 aromatic heterocycles. The summed E-state index contributed by atoms with van der Waals surface area (Å²) >= 11 is 5.22. The van der Waals surface area contributed by atoms with Gasteiger partial charge in [-0.3, -0.25) is 9.36 Å². The molecule has 0 atom stereocenters. The Hall–Kier alpha value is -1.36. The number of nitrogens with one attached hydrogen (secondary N) is 2. The molecule has 2 heterocycles. The van der Waals surface area contributed by atoms with Crippen molar-refractivity contribution in [2.45, 2.75) is 39.7 Å². The molecule has 0 bridgehead atoms. The van der Waals surface area contributed by atoms with Crippen LogP contribution in [0.4, 0.5) is 0 Å². The highest BCUT2D eigenvalue weighted by molar-refractivity contribution is 7.71. The van der Waals surface area contributed by atoms with Crippen molar-refractivity contribution in [1.82, 2.24) is 14.5 Å². The normalized spacial score (nSPS) is 11.2. The molecule has 2 rings (SSSR count). The standard InChI is InChI=1S/C12H17N3OS/c1-3-4-5-6-15-11(16)10-9(14-12(15)17)7-8(2)13-10/h7,13H,3-6H2,1-2H3,(H,14,17). The quantitative estimate of drug-likeness (QED) is 0.648. The zero-order chi connectivity index (χ0) is 12.4. The van der Waals surface area contributed by atoms with E-state index in [4.69, 9.17) is 12.2 Å². The molecule has 2 aromatic rings. The molecular formula is C12H17N3OS. The predicted molar refractivity (Wildman–Crippen MR) is 72.0 cm³/mol. The minimum atomic E-state index is -0.0204. The highest BCUT2D eigenvalue weighted by Gasteiger charge is 2.07. The molecule has 5 heteroatoms. The lowest BCUT2D eigenvalue weighted by Gasteiger charge is -2.05. The van der Waals surface area contributed by atoms with E-state index in [9.17, 15) is 4.79 Å². The molecule has 92 valence electrons. The first-order chi connectivity index (χ1) is 8.13. The van der Waals surface area contributed by atoms with Crippen LogP contribution in [0.1, 0.15) is 31.9 Å². The maximum atomic E-state index is 12.2. The van der Waals surface area contributed by atoms with Gasteiger partial charge in [-0.2, -0.15) is 0 Å². The van der Waals surface area contributed by atoms with Gasteiger partial charge in [-0.1, -0.05) is 19.8 Å². The van der Waals surface area contributed by atoms with Gasteiger partial charge in [0.1, 0.15) is 5.52 Å². The minimum absolute atomic E-state index is 0.0204. The number of aryl methyl sites for hydroxylation is 1. The lowest BCUT2D eigenvalue weighted by Crippen LogP contribution is -2.22. The van der Waals surface area contributed by atoms with Gasteiger partial charge < -0.3 is 9.97 Å². The molecule has 0 aromatic carbocycles. The molecule has 4 nitrogen and oxygen atoms in total. The number of aromatic nitrogens is 3. The van der Waals surface area contributed by atoms with Gasteiger partial charge in [-0.25, -0.2) is 0 Å². The lowest BCUT2D eigenvalue weighted by molar-refractivity contribution is 0.577. The summed E-state index contributed by atoms with van der Waals surface area (Å²) in [5.41, 5.74) is 2.36. The number of aromatic amines is 2. The fraction of sp³-hybridized carbons (Fsp3) is 0.500. The van der Waals surface area contributed by atoms with Crippen molar-refractivity contribution >= 4 is 23.3 Å². The third-order valence-corrected chi connectivity index (χ3v) is 3.21. The van der Waals surface area contributed by atoms with E-state index in [1.165, 1.54) is 0 Å². The van der Waals surface area contributed by atoms with E-state index in [-0.39, 0.29) is 5.56 Å². The topological polar surface area (TPSA) is 53.6 Å². The third-order valence-electron chi connectivity index (χ3n) is 2.88. The van der Waals surface area contributed by atoms with Crippen LogP contribution in [0.3, 0.4) is 0 Å². The van der Waals surface area contributed by atoms with Crippen molar-refractivity contribution in [3.63, 3.8) is 0 Å².